The SMILES string of the molecule is COc1cccc(C2C=CCN(CCCCc3c[nH]c4ccccc34)C2)c1. The van der Waals surface area contributed by atoms with Gasteiger partial charge in [-0.3, -0.25) is 4.90 Å². The summed E-state index contributed by atoms with van der Waals surface area (Å²) in [7, 11) is 1.73. The van der Waals surface area contributed by atoms with Crippen LogP contribution in [0.3, 0.4) is 0 Å². The van der Waals surface area contributed by atoms with Crippen molar-refractivity contribution in [1.29, 1.82) is 0 Å². The summed E-state index contributed by atoms with van der Waals surface area (Å²) in [6.45, 7) is 3.32. The van der Waals surface area contributed by atoms with Crippen LogP contribution in [0.4, 0.5) is 0 Å². The van der Waals surface area contributed by atoms with Crippen LogP contribution in [-0.4, -0.2) is 36.6 Å². The smallest absolute Gasteiger partial charge is 0.119 e. The van der Waals surface area contributed by atoms with Crippen molar-refractivity contribution in [2.24, 2.45) is 0 Å². The van der Waals surface area contributed by atoms with Crippen molar-refractivity contribution in [3.8, 4) is 5.75 Å². The third-order valence-corrected chi connectivity index (χ3v) is 5.55. The Morgan fingerprint density at radius 2 is 2.04 bits per heavy atom. The molecule has 2 aromatic carbocycles. The maximum absolute atomic E-state index is 5.38. The summed E-state index contributed by atoms with van der Waals surface area (Å²) >= 11 is 0. The molecule has 1 aromatic heterocycles. The third kappa shape index (κ3) is 4.25. The molecule has 1 N–H and O–H groups in total. The molecule has 3 aromatic rings. The van der Waals surface area contributed by atoms with Crippen molar-refractivity contribution in [3.63, 3.8) is 0 Å². The van der Waals surface area contributed by atoms with E-state index in [1.807, 2.05) is 6.07 Å². The highest BCUT2D eigenvalue weighted by Gasteiger charge is 2.17. The Balaban J connectivity index is 1.28. The number of hydrogen-bond acceptors (Lipinski definition) is 2. The van der Waals surface area contributed by atoms with Crippen LogP contribution in [0.5, 0.6) is 5.75 Å². The summed E-state index contributed by atoms with van der Waals surface area (Å²) < 4.78 is 5.38. The van der Waals surface area contributed by atoms with Crippen molar-refractivity contribution in [2.75, 3.05) is 26.7 Å². The maximum Gasteiger partial charge on any atom is 0.119 e. The minimum absolute atomic E-state index is 0.461. The number of unbranched alkanes of at least 4 members (excludes halogenated alkanes) is 1. The summed E-state index contributed by atoms with van der Waals surface area (Å²) in [6, 6.07) is 17.0. The van der Waals surface area contributed by atoms with Gasteiger partial charge in [0.1, 0.15) is 5.75 Å². The number of H-pyrrole nitrogens is 1. The van der Waals surface area contributed by atoms with Crippen LogP contribution in [0, 0.1) is 0 Å². The lowest BCUT2D eigenvalue weighted by atomic mass is 9.95. The number of nitrogens with zero attached hydrogens (tertiary/aromatic N) is 1. The van der Waals surface area contributed by atoms with E-state index in [9.17, 15) is 0 Å². The number of aromatic amines is 1. The van der Waals surface area contributed by atoms with Gasteiger partial charge >= 0.3 is 0 Å². The molecule has 1 aliphatic rings. The first-order valence-corrected chi connectivity index (χ1v) is 9.91. The Labute approximate surface area is 161 Å². The molecule has 0 saturated carbocycles. The van der Waals surface area contributed by atoms with E-state index in [1.165, 1.54) is 34.9 Å². The van der Waals surface area contributed by atoms with Gasteiger partial charge in [0.25, 0.3) is 0 Å². The highest BCUT2D eigenvalue weighted by molar-refractivity contribution is 5.82. The van der Waals surface area contributed by atoms with Gasteiger partial charge in [0, 0.05) is 36.1 Å². The predicted molar refractivity (Wildman–Crippen MR) is 113 cm³/mol. The number of fused-ring (bicyclic) bond motifs is 1. The first-order valence-electron chi connectivity index (χ1n) is 9.91. The van der Waals surface area contributed by atoms with Gasteiger partial charge < -0.3 is 9.72 Å². The number of para-hydroxylation sites is 1. The van der Waals surface area contributed by atoms with E-state index in [1.54, 1.807) is 7.11 Å². The Bertz CT molecular complexity index is 911. The fourth-order valence-corrected chi connectivity index (χ4v) is 4.05. The van der Waals surface area contributed by atoms with Gasteiger partial charge in [-0.2, -0.15) is 0 Å². The van der Waals surface area contributed by atoms with Crippen LogP contribution in [0.15, 0.2) is 66.9 Å². The molecule has 0 radical (unpaired) electrons. The molecule has 1 unspecified atom stereocenters. The molecule has 3 nitrogen and oxygen atoms in total. The van der Waals surface area contributed by atoms with Gasteiger partial charge in [0.2, 0.25) is 0 Å². The number of aromatic nitrogens is 1. The average Bonchev–Trinajstić information content (AvgIpc) is 3.15. The number of ether oxygens (including phenoxy) is 1. The van der Waals surface area contributed by atoms with Crippen molar-refractivity contribution < 1.29 is 4.74 Å². The van der Waals surface area contributed by atoms with Crippen molar-refractivity contribution in [3.05, 3.63) is 78.0 Å². The Morgan fingerprint density at radius 3 is 2.96 bits per heavy atom. The van der Waals surface area contributed by atoms with Crippen molar-refractivity contribution in [1.82, 2.24) is 9.88 Å². The van der Waals surface area contributed by atoms with E-state index >= 15 is 0 Å². The van der Waals surface area contributed by atoms with Gasteiger partial charge in [-0.1, -0.05) is 42.5 Å². The lowest BCUT2D eigenvalue weighted by Gasteiger charge is -2.29. The van der Waals surface area contributed by atoms with E-state index in [0.717, 1.165) is 31.8 Å². The second-order valence-corrected chi connectivity index (χ2v) is 7.39. The first kappa shape index (κ1) is 17.9. The second kappa shape index (κ2) is 8.45. The molecule has 0 amide bonds. The average molecular weight is 361 g/mol. The van der Waals surface area contributed by atoms with Crippen LogP contribution >= 0.6 is 0 Å². The standard InChI is InChI=1S/C24H28N2O/c1-27-22-11-6-9-19(16-22)21-10-7-15-26(18-21)14-5-4-8-20-17-25-24-13-3-2-12-23(20)24/h2-3,6-7,9-13,16-17,21,25H,4-5,8,14-15,18H2,1H3. The molecule has 27 heavy (non-hydrogen) atoms. The highest BCUT2D eigenvalue weighted by atomic mass is 16.5. The number of rotatable bonds is 7. The monoisotopic (exact) mass is 360 g/mol. The molecule has 4 rings (SSSR count). The molecule has 0 aliphatic carbocycles. The lowest BCUT2D eigenvalue weighted by molar-refractivity contribution is 0.278. The second-order valence-electron chi connectivity index (χ2n) is 7.39. The van der Waals surface area contributed by atoms with E-state index in [0.29, 0.717) is 5.92 Å². The maximum atomic E-state index is 5.38. The van der Waals surface area contributed by atoms with E-state index in [2.05, 4.69) is 70.7 Å². The molecule has 0 fully saturated rings. The molecular formula is C24H28N2O. The number of nitrogens with one attached hydrogen (secondary N) is 1. The minimum atomic E-state index is 0.461. The number of benzene rings is 2. The van der Waals surface area contributed by atoms with E-state index in [-0.39, 0.29) is 0 Å². The summed E-state index contributed by atoms with van der Waals surface area (Å²) in [6.07, 6.45) is 10.4. The molecule has 140 valence electrons. The van der Waals surface area contributed by atoms with Crippen molar-refractivity contribution >= 4 is 10.9 Å². The van der Waals surface area contributed by atoms with Gasteiger partial charge in [-0.25, -0.2) is 0 Å². The van der Waals surface area contributed by atoms with E-state index < -0.39 is 0 Å². The number of aryl methyl sites for hydroxylation is 1. The van der Waals surface area contributed by atoms with E-state index in [4.69, 9.17) is 4.74 Å². The molecule has 1 atom stereocenters. The van der Waals surface area contributed by atoms with Crippen LogP contribution in [0.2, 0.25) is 0 Å². The molecule has 0 bridgehead atoms. The topological polar surface area (TPSA) is 28.3 Å². The molecular weight excluding hydrogens is 332 g/mol. The first-order chi connectivity index (χ1) is 13.3. The third-order valence-electron chi connectivity index (χ3n) is 5.55. The van der Waals surface area contributed by atoms with Crippen LogP contribution in [0.1, 0.15) is 29.9 Å². The zero-order chi connectivity index (χ0) is 18.5. The van der Waals surface area contributed by atoms with Crippen LogP contribution in [0.25, 0.3) is 10.9 Å². The molecule has 0 saturated heterocycles. The Kier molecular flexibility index (Phi) is 5.59. The van der Waals surface area contributed by atoms with Gasteiger partial charge in [0.05, 0.1) is 7.11 Å². The zero-order valence-electron chi connectivity index (χ0n) is 16.0. The largest absolute Gasteiger partial charge is 0.497 e. The van der Waals surface area contributed by atoms with Gasteiger partial charge in [-0.15, -0.1) is 0 Å². The summed E-state index contributed by atoms with van der Waals surface area (Å²) in [5, 5.41) is 1.37. The molecule has 1 aliphatic heterocycles. The summed E-state index contributed by atoms with van der Waals surface area (Å²) in [5.41, 5.74) is 4.03. The fourth-order valence-electron chi connectivity index (χ4n) is 4.05. The Hall–Kier alpha value is -2.52. The number of hydrogen-bond donors (Lipinski definition) is 1. The minimum Gasteiger partial charge on any atom is -0.497 e. The van der Waals surface area contributed by atoms with Crippen LogP contribution in [-0.2, 0) is 6.42 Å². The normalized spacial score (nSPS) is 17.4. The van der Waals surface area contributed by atoms with Gasteiger partial charge in [0.15, 0.2) is 0 Å². The quantitative estimate of drug-likeness (QED) is 0.466. The van der Waals surface area contributed by atoms with Gasteiger partial charge in [-0.05, 0) is 55.1 Å². The fraction of sp³-hybridized carbons (Fsp3) is 0.333. The van der Waals surface area contributed by atoms with Crippen LogP contribution < -0.4 is 4.74 Å². The molecule has 0 spiro atoms. The van der Waals surface area contributed by atoms with Crippen molar-refractivity contribution in [2.45, 2.75) is 25.2 Å². The number of methoxy groups -OCH3 is 1. The molecule has 3 heteroatoms. The lowest BCUT2D eigenvalue weighted by Crippen LogP contribution is -2.32. The Morgan fingerprint density at radius 1 is 1.11 bits per heavy atom. The zero-order valence-corrected chi connectivity index (χ0v) is 16.0. The summed E-state index contributed by atoms with van der Waals surface area (Å²) in [4.78, 5) is 5.95. The summed E-state index contributed by atoms with van der Waals surface area (Å²) in [5.74, 6) is 1.40. The molecule has 2 heterocycles. The predicted octanol–water partition coefficient (Wildman–Crippen LogP) is 5.15. The highest BCUT2D eigenvalue weighted by Crippen LogP contribution is 2.25.